The highest BCUT2D eigenvalue weighted by atomic mass is 32.1. The summed E-state index contributed by atoms with van der Waals surface area (Å²) in [6.07, 6.45) is 4.97. The molecule has 1 aromatic carbocycles. The van der Waals surface area contributed by atoms with E-state index in [-0.39, 0.29) is 0 Å². The Morgan fingerprint density at radius 2 is 1.80 bits per heavy atom. The van der Waals surface area contributed by atoms with Crippen molar-refractivity contribution in [3.05, 3.63) is 57.8 Å². The Labute approximate surface area is 127 Å². The minimum atomic E-state index is 0.774. The van der Waals surface area contributed by atoms with Gasteiger partial charge in [-0.15, -0.1) is 11.3 Å². The molecule has 0 bridgehead atoms. The zero-order valence-corrected chi connectivity index (χ0v) is 13.5. The third kappa shape index (κ3) is 6.67. The molecule has 0 spiro atoms. The highest BCUT2D eigenvalue weighted by Gasteiger charge is 1.99. The van der Waals surface area contributed by atoms with Crippen molar-refractivity contribution in [2.75, 3.05) is 0 Å². The van der Waals surface area contributed by atoms with Gasteiger partial charge in [-0.2, -0.15) is 0 Å². The Hall–Kier alpha value is -1.41. The van der Waals surface area contributed by atoms with Crippen LogP contribution in [-0.4, -0.2) is 6.21 Å². The van der Waals surface area contributed by atoms with Crippen LogP contribution in [0.25, 0.3) is 0 Å². The van der Waals surface area contributed by atoms with Gasteiger partial charge in [0.1, 0.15) is 0 Å². The molecule has 2 rings (SSSR count). The summed E-state index contributed by atoms with van der Waals surface area (Å²) in [5.41, 5.74) is 1.41. The van der Waals surface area contributed by atoms with Crippen LogP contribution in [0.3, 0.4) is 0 Å². The van der Waals surface area contributed by atoms with Crippen molar-refractivity contribution in [2.45, 2.75) is 40.0 Å². The van der Waals surface area contributed by atoms with Crippen molar-refractivity contribution in [1.82, 2.24) is 0 Å². The van der Waals surface area contributed by atoms with E-state index < -0.39 is 0 Å². The van der Waals surface area contributed by atoms with Crippen molar-refractivity contribution in [2.24, 2.45) is 5.92 Å². The number of hydrogen-bond donors (Lipinski definition) is 1. The molecule has 0 unspecified atom stereocenters. The summed E-state index contributed by atoms with van der Waals surface area (Å²) in [5.74, 6) is 0.774. The second-order valence-electron chi connectivity index (χ2n) is 5.22. The number of nitrogens with one attached hydrogen (secondary N) is 1. The molecule has 20 heavy (non-hydrogen) atoms. The Balaban J connectivity index is 0.000000217. The van der Waals surface area contributed by atoms with Gasteiger partial charge in [-0.1, -0.05) is 51.1 Å². The van der Waals surface area contributed by atoms with Crippen LogP contribution in [0.2, 0.25) is 0 Å². The smallest absolute Gasteiger partial charge is 0.0448 e. The first-order valence-electron chi connectivity index (χ1n) is 7.28. The predicted octanol–water partition coefficient (Wildman–Crippen LogP) is 5.58. The summed E-state index contributed by atoms with van der Waals surface area (Å²) in [4.78, 5) is 2.47. The summed E-state index contributed by atoms with van der Waals surface area (Å²) in [6.45, 7) is 6.64. The van der Waals surface area contributed by atoms with Crippen molar-refractivity contribution < 1.29 is 0 Å². The first kappa shape index (κ1) is 16.6. The molecule has 2 heteroatoms. The number of hydrogen-bond acceptors (Lipinski definition) is 2. The molecule has 1 N–H and O–H groups in total. The van der Waals surface area contributed by atoms with Gasteiger partial charge in [0.2, 0.25) is 0 Å². The largest absolute Gasteiger partial charge is 0.307 e. The molecule has 1 nitrogen and oxygen atoms in total. The van der Waals surface area contributed by atoms with Gasteiger partial charge in [0, 0.05) is 16.0 Å². The zero-order valence-electron chi connectivity index (χ0n) is 12.7. The quantitative estimate of drug-likeness (QED) is 0.694. The average molecular weight is 287 g/mol. The molecule has 1 aromatic heterocycles. The second-order valence-corrected chi connectivity index (χ2v) is 6.42. The maximum atomic E-state index is 7.06. The van der Waals surface area contributed by atoms with E-state index in [2.05, 4.69) is 51.1 Å². The molecule has 0 saturated carbocycles. The third-order valence-corrected chi connectivity index (χ3v) is 4.14. The maximum Gasteiger partial charge on any atom is 0.0448 e. The molecule has 108 valence electrons. The van der Waals surface area contributed by atoms with Gasteiger partial charge >= 0.3 is 0 Å². The van der Waals surface area contributed by atoms with Crippen LogP contribution in [0.4, 0.5) is 0 Å². The van der Waals surface area contributed by atoms with Gasteiger partial charge in [0.05, 0.1) is 0 Å². The van der Waals surface area contributed by atoms with Gasteiger partial charge in [-0.05, 0) is 42.9 Å². The average Bonchev–Trinajstić information content (AvgIpc) is 2.95. The van der Waals surface area contributed by atoms with E-state index in [1.165, 1.54) is 23.1 Å². The molecular weight excluding hydrogens is 262 g/mol. The van der Waals surface area contributed by atoms with Gasteiger partial charge in [0.25, 0.3) is 0 Å². The number of thiophene rings is 1. The summed E-state index contributed by atoms with van der Waals surface area (Å²) < 4.78 is 0. The van der Waals surface area contributed by atoms with E-state index >= 15 is 0 Å². The van der Waals surface area contributed by atoms with E-state index in [1.54, 1.807) is 11.3 Å². The van der Waals surface area contributed by atoms with Gasteiger partial charge in [0.15, 0.2) is 0 Å². The van der Waals surface area contributed by atoms with E-state index in [9.17, 15) is 0 Å². The number of aryl methyl sites for hydroxylation is 2. The Morgan fingerprint density at radius 1 is 1.10 bits per heavy atom. The fraction of sp³-hybridized carbons (Fsp3) is 0.389. The van der Waals surface area contributed by atoms with Crippen molar-refractivity contribution in [1.29, 1.82) is 5.41 Å². The SMILES string of the molecule is CC(C)CCc1ccc(C=N)s1.CCc1ccccc1. The van der Waals surface area contributed by atoms with E-state index in [1.807, 2.05) is 12.1 Å². The third-order valence-electron chi connectivity index (χ3n) is 3.04. The second kappa shape index (κ2) is 9.49. The lowest BCUT2D eigenvalue weighted by Crippen LogP contribution is -1.88. The molecule has 1 heterocycles. The number of rotatable bonds is 5. The van der Waals surface area contributed by atoms with Crippen LogP contribution in [-0.2, 0) is 12.8 Å². The fourth-order valence-corrected chi connectivity index (χ4v) is 2.60. The van der Waals surface area contributed by atoms with Crippen molar-refractivity contribution in [3.63, 3.8) is 0 Å². The lowest BCUT2D eigenvalue weighted by Gasteiger charge is -2.00. The van der Waals surface area contributed by atoms with Crippen molar-refractivity contribution >= 4 is 17.6 Å². The van der Waals surface area contributed by atoms with Crippen LogP contribution in [0.15, 0.2) is 42.5 Å². The summed E-state index contributed by atoms with van der Waals surface area (Å²) in [6, 6.07) is 14.6. The molecule has 0 aliphatic carbocycles. The first-order chi connectivity index (χ1) is 9.65. The summed E-state index contributed by atoms with van der Waals surface area (Å²) >= 11 is 1.73. The topological polar surface area (TPSA) is 23.9 Å². The molecule has 0 amide bonds. The fourth-order valence-electron chi connectivity index (χ4n) is 1.75. The minimum absolute atomic E-state index is 0.774. The highest BCUT2D eigenvalue weighted by Crippen LogP contribution is 2.17. The minimum Gasteiger partial charge on any atom is -0.307 e. The standard InChI is InChI=1S/C10H15NS.C8H10/c1-8(2)3-4-9-5-6-10(7-11)12-9;1-2-8-6-4-3-5-7-8/h5-8,11H,3-4H2,1-2H3;3-7H,2H2,1H3. The summed E-state index contributed by atoms with van der Waals surface area (Å²) in [7, 11) is 0. The van der Waals surface area contributed by atoms with Crippen LogP contribution in [0.1, 0.15) is 42.5 Å². The van der Waals surface area contributed by atoms with Crippen molar-refractivity contribution in [3.8, 4) is 0 Å². The molecule has 0 atom stereocenters. The van der Waals surface area contributed by atoms with E-state index in [0.29, 0.717) is 0 Å². The number of benzene rings is 1. The lowest BCUT2D eigenvalue weighted by atomic mass is 10.1. The maximum absolute atomic E-state index is 7.06. The lowest BCUT2D eigenvalue weighted by molar-refractivity contribution is 0.590. The zero-order chi connectivity index (χ0) is 14.8. The predicted molar refractivity (Wildman–Crippen MR) is 91.2 cm³/mol. The van der Waals surface area contributed by atoms with Gasteiger partial charge < -0.3 is 5.41 Å². The Kier molecular flexibility index (Phi) is 7.89. The molecule has 0 saturated heterocycles. The van der Waals surface area contributed by atoms with E-state index in [0.717, 1.165) is 23.6 Å². The van der Waals surface area contributed by atoms with Crippen LogP contribution in [0.5, 0.6) is 0 Å². The highest BCUT2D eigenvalue weighted by molar-refractivity contribution is 7.13. The molecule has 0 aliphatic heterocycles. The van der Waals surface area contributed by atoms with Crippen LogP contribution < -0.4 is 0 Å². The molecule has 2 aromatic rings. The molecule has 0 fully saturated rings. The summed E-state index contributed by atoms with van der Waals surface area (Å²) in [5, 5.41) is 7.06. The monoisotopic (exact) mass is 287 g/mol. The normalized spacial score (nSPS) is 10.0. The van der Waals surface area contributed by atoms with E-state index in [4.69, 9.17) is 5.41 Å². The Morgan fingerprint density at radius 3 is 2.25 bits per heavy atom. The van der Waals surface area contributed by atoms with Gasteiger partial charge in [-0.3, -0.25) is 0 Å². The van der Waals surface area contributed by atoms with Gasteiger partial charge in [-0.25, -0.2) is 0 Å². The molecule has 0 aliphatic rings. The first-order valence-corrected chi connectivity index (χ1v) is 8.10. The Bertz CT molecular complexity index is 485. The molecule has 0 radical (unpaired) electrons. The molecular formula is C18H25NS. The van der Waals surface area contributed by atoms with Crippen LogP contribution >= 0.6 is 11.3 Å². The van der Waals surface area contributed by atoms with Crippen LogP contribution in [0, 0.1) is 11.3 Å².